The molecule has 1 aromatic carbocycles. The third-order valence-electron chi connectivity index (χ3n) is 5.88. The van der Waals surface area contributed by atoms with Crippen LogP contribution in [0.25, 0.3) is 11.0 Å². The third kappa shape index (κ3) is 3.14. The molecule has 2 aliphatic heterocycles. The van der Waals surface area contributed by atoms with E-state index >= 15 is 0 Å². The van der Waals surface area contributed by atoms with Gasteiger partial charge >= 0.3 is 0 Å². The third-order valence-corrected chi connectivity index (χ3v) is 5.88. The van der Waals surface area contributed by atoms with E-state index in [2.05, 4.69) is 21.8 Å². The van der Waals surface area contributed by atoms with Crippen molar-refractivity contribution in [2.75, 3.05) is 30.8 Å². The van der Waals surface area contributed by atoms with E-state index in [1.165, 1.54) is 12.4 Å². The summed E-state index contributed by atoms with van der Waals surface area (Å²) in [6, 6.07) is 3.03. The number of hydrogen-bond donors (Lipinski definition) is 3. The molecule has 0 unspecified atom stereocenters. The molecule has 0 spiro atoms. The Labute approximate surface area is 183 Å². The van der Waals surface area contributed by atoms with Crippen LogP contribution in [0.2, 0.25) is 0 Å². The first kappa shape index (κ1) is 20.5. The maximum absolute atomic E-state index is 14.7. The van der Waals surface area contributed by atoms with Crippen LogP contribution >= 0.6 is 0 Å². The Balaban J connectivity index is 1.64. The lowest BCUT2D eigenvalue weighted by molar-refractivity contribution is -0.0296. The topological polar surface area (TPSA) is 119 Å². The molecule has 1 fully saturated rings. The predicted molar refractivity (Wildman–Crippen MR) is 115 cm³/mol. The van der Waals surface area contributed by atoms with E-state index in [4.69, 9.17) is 15.2 Å². The minimum atomic E-state index is -1.17. The first-order valence-electron chi connectivity index (χ1n) is 10.2. The van der Waals surface area contributed by atoms with Gasteiger partial charge in [-0.2, -0.15) is 0 Å². The first-order valence-corrected chi connectivity index (χ1v) is 10.2. The zero-order chi connectivity index (χ0) is 22.6. The molecule has 1 saturated heterocycles. The van der Waals surface area contributed by atoms with Crippen molar-refractivity contribution in [1.29, 1.82) is 0 Å². The normalized spacial score (nSPS) is 24.7. The predicted octanol–water partition coefficient (Wildman–Crippen LogP) is 1.02. The first-order chi connectivity index (χ1) is 15.4. The quantitative estimate of drug-likeness (QED) is 0.481. The van der Waals surface area contributed by atoms with Crippen molar-refractivity contribution in [2.24, 2.45) is 0 Å². The highest BCUT2D eigenvalue weighted by molar-refractivity contribution is 5.92. The van der Waals surface area contributed by atoms with Crippen LogP contribution in [0.5, 0.6) is 5.75 Å². The van der Waals surface area contributed by atoms with Gasteiger partial charge in [0.15, 0.2) is 12.0 Å². The van der Waals surface area contributed by atoms with Crippen LogP contribution in [0.1, 0.15) is 24.3 Å². The van der Waals surface area contributed by atoms with Crippen LogP contribution in [-0.4, -0.2) is 63.3 Å². The monoisotopic (exact) mass is 439 g/mol. The van der Waals surface area contributed by atoms with Crippen LogP contribution in [0.4, 0.5) is 15.9 Å². The molecule has 4 heterocycles. The minimum Gasteiger partial charge on any atom is -0.488 e. The molecule has 4 atom stereocenters. The average Bonchev–Trinajstić information content (AvgIpc) is 3.26. The Hall–Kier alpha value is -3.39. The molecule has 10 heteroatoms. The summed E-state index contributed by atoms with van der Waals surface area (Å²) < 4.78 is 27.7. The highest BCUT2D eigenvalue weighted by Gasteiger charge is 2.42. The molecule has 3 aromatic rings. The number of ether oxygens (including phenoxy) is 2. The van der Waals surface area contributed by atoms with E-state index < -0.39 is 30.4 Å². The molecule has 0 bridgehead atoms. The van der Waals surface area contributed by atoms with Crippen LogP contribution in [0.3, 0.4) is 0 Å². The summed E-state index contributed by atoms with van der Waals surface area (Å²) in [5.74, 6) is 5.92. The van der Waals surface area contributed by atoms with E-state index in [1.807, 2.05) is 11.9 Å². The number of nitrogen functional groups attached to an aromatic ring is 1. The molecule has 166 valence electrons. The zero-order valence-electron chi connectivity index (χ0n) is 17.5. The van der Waals surface area contributed by atoms with Crippen molar-refractivity contribution < 1.29 is 24.1 Å². The fraction of sp³-hybridized carbons (Fsp3) is 0.364. The summed E-state index contributed by atoms with van der Waals surface area (Å²) in [6.07, 6.45) is -0.762. The number of aromatic nitrogens is 3. The van der Waals surface area contributed by atoms with Gasteiger partial charge in [0.05, 0.1) is 29.3 Å². The van der Waals surface area contributed by atoms with Gasteiger partial charge < -0.3 is 34.9 Å². The van der Waals surface area contributed by atoms with E-state index in [1.54, 1.807) is 23.8 Å². The van der Waals surface area contributed by atoms with Crippen LogP contribution in [0.15, 0.2) is 24.7 Å². The molecule has 9 nitrogen and oxygen atoms in total. The Bertz CT molecular complexity index is 1270. The lowest BCUT2D eigenvalue weighted by Crippen LogP contribution is -2.30. The van der Waals surface area contributed by atoms with Crippen LogP contribution < -0.4 is 15.4 Å². The van der Waals surface area contributed by atoms with Gasteiger partial charge in [-0.15, -0.1) is 0 Å². The number of likely N-dealkylation sites (N-methyl/N-ethyl adjacent to an activating group) is 1. The molecular formula is C22H22FN5O4. The average molecular weight is 439 g/mol. The molecule has 4 N–H and O–H groups in total. The number of rotatable bonds is 1. The second-order valence-corrected chi connectivity index (χ2v) is 7.91. The highest BCUT2D eigenvalue weighted by atomic mass is 19.1. The molecule has 0 amide bonds. The number of aliphatic hydroxyl groups is 2. The Kier molecular flexibility index (Phi) is 4.89. The number of anilines is 2. The smallest absolute Gasteiger partial charge is 0.164 e. The van der Waals surface area contributed by atoms with E-state index in [-0.39, 0.29) is 11.4 Å². The SMILES string of the molecule is C[C@@H]1O[C@@H](n2cc(C#Cc3c(F)ccc4c3OCCN4C)c3c(N)ncnc32)[C@H](O)[C@@H]1O. The summed E-state index contributed by atoms with van der Waals surface area (Å²) in [5, 5.41) is 21.0. The molecule has 2 aromatic heterocycles. The number of hydrogen-bond acceptors (Lipinski definition) is 8. The standard InChI is InChI=1S/C22H22FN5O4/c1-11-17(29)18(30)22(32-11)28-9-12(16-20(24)25-10-26-21(16)28)3-4-13-14(23)5-6-15-19(13)31-8-7-27(15)2/h5-6,9-11,17-18,22,29-30H,7-8H2,1-2H3,(H2,24,25,26)/t11-,17+,18+,22+/m0/s1. The van der Waals surface area contributed by atoms with Crippen molar-refractivity contribution in [1.82, 2.24) is 14.5 Å². The van der Waals surface area contributed by atoms with Crippen molar-refractivity contribution in [2.45, 2.75) is 31.5 Å². The number of nitrogens with two attached hydrogens (primary N) is 1. The fourth-order valence-electron chi connectivity index (χ4n) is 4.10. The Morgan fingerprint density at radius 1 is 1.22 bits per heavy atom. The molecule has 5 rings (SSSR count). The fourth-order valence-corrected chi connectivity index (χ4v) is 4.10. The van der Waals surface area contributed by atoms with Gasteiger partial charge in [-0.05, 0) is 19.1 Å². The van der Waals surface area contributed by atoms with Gasteiger partial charge in [-0.25, -0.2) is 14.4 Å². The second-order valence-electron chi connectivity index (χ2n) is 7.91. The molecule has 0 radical (unpaired) electrons. The van der Waals surface area contributed by atoms with Gasteiger partial charge in [-0.1, -0.05) is 11.8 Å². The minimum absolute atomic E-state index is 0.145. The molecule has 0 aliphatic carbocycles. The lowest BCUT2D eigenvalue weighted by atomic mass is 10.1. The summed E-state index contributed by atoms with van der Waals surface area (Å²) in [5.41, 5.74) is 7.82. The van der Waals surface area contributed by atoms with Gasteiger partial charge in [0, 0.05) is 13.2 Å². The molecule has 0 saturated carbocycles. The molecule has 2 aliphatic rings. The van der Waals surface area contributed by atoms with E-state index in [9.17, 15) is 14.6 Å². The van der Waals surface area contributed by atoms with Gasteiger partial charge in [0.25, 0.3) is 0 Å². The van der Waals surface area contributed by atoms with E-state index in [0.717, 1.165) is 5.69 Å². The summed E-state index contributed by atoms with van der Waals surface area (Å²) in [4.78, 5) is 10.3. The maximum Gasteiger partial charge on any atom is 0.164 e. The van der Waals surface area contributed by atoms with Crippen molar-refractivity contribution in [3.8, 4) is 17.6 Å². The number of fused-ring (bicyclic) bond motifs is 2. The summed E-state index contributed by atoms with van der Waals surface area (Å²) in [6.45, 7) is 2.79. The van der Waals surface area contributed by atoms with Crippen LogP contribution in [-0.2, 0) is 4.74 Å². The Morgan fingerprint density at radius 2 is 2.03 bits per heavy atom. The van der Waals surface area contributed by atoms with Crippen LogP contribution in [0, 0.1) is 17.7 Å². The molecular weight excluding hydrogens is 417 g/mol. The summed E-state index contributed by atoms with van der Waals surface area (Å²) >= 11 is 0. The lowest BCUT2D eigenvalue weighted by Gasteiger charge is -2.28. The Morgan fingerprint density at radius 3 is 2.78 bits per heavy atom. The van der Waals surface area contributed by atoms with Crippen molar-refractivity contribution >= 4 is 22.5 Å². The highest BCUT2D eigenvalue weighted by Crippen LogP contribution is 2.36. The van der Waals surface area contributed by atoms with Gasteiger partial charge in [0.2, 0.25) is 0 Å². The number of nitrogens with zero attached hydrogens (tertiary/aromatic N) is 4. The number of aliphatic hydroxyl groups excluding tert-OH is 2. The largest absolute Gasteiger partial charge is 0.488 e. The van der Waals surface area contributed by atoms with Gasteiger partial charge in [-0.3, -0.25) is 0 Å². The zero-order valence-corrected chi connectivity index (χ0v) is 17.5. The van der Waals surface area contributed by atoms with Crippen molar-refractivity contribution in [3.63, 3.8) is 0 Å². The van der Waals surface area contributed by atoms with Crippen molar-refractivity contribution in [3.05, 3.63) is 41.6 Å². The second kappa shape index (κ2) is 7.63. The van der Waals surface area contributed by atoms with E-state index in [0.29, 0.717) is 35.5 Å². The maximum atomic E-state index is 14.7. The summed E-state index contributed by atoms with van der Waals surface area (Å²) in [7, 11) is 1.91. The van der Waals surface area contributed by atoms with Gasteiger partial charge in [0.1, 0.15) is 48.0 Å². The number of benzene rings is 1. The number of halogens is 1. The molecule has 32 heavy (non-hydrogen) atoms.